The molecule has 0 bridgehead atoms. The number of rotatable bonds is 2. The molecule has 2 heterocycles. The standard InChI is InChI=1S/C9H10N4O2/c10-3-5-13-8(14)6-2-1-4-11-7(6)12-9(13)15/h1-2,4H,3,5,10H2,(H,11,12,15). The molecule has 0 saturated carbocycles. The molecule has 0 aliphatic heterocycles. The fourth-order valence-corrected chi connectivity index (χ4v) is 1.42. The highest BCUT2D eigenvalue weighted by Gasteiger charge is 2.06. The van der Waals surface area contributed by atoms with Gasteiger partial charge in [-0.1, -0.05) is 0 Å². The SMILES string of the molecule is NCCn1c(=O)[nH]c2ncccc2c1=O. The number of nitrogens with zero attached hydrogens (tertiary/aromatic N) is 2. The Bertz CT molecular complexity index is 599. The van der Waals surface area contributed by atoms with Crippen LogP contribution >= 0.6 is 0 Å². The Balaban J connectivity index is 2.85. The van der Waals surface area contributed by atoms with E-state index in [4.69, 9.17) is 5.73 Å². The van der Waals surface area contributed by atoms with E-state index in [0.29, 0.717) is 11.0 Å². The van der Waals surface area contributed by atoms with Crippen LogP contribution in [0.4, 0.5) is 0 Å². The lowest BCUT2D eigenvalue weighted by Crippen LogP contribution is -2.37. The van der Waals surface area contributed by atoms with E-state index in [1.165, 1.54) is 6.20 Å². The van der Waals surface area contributed by atoms with Crippen molar-refractivity contribution in [3.8, 4) is 0 Å². The number of aromatic nitrogens is 3. The van der Waals surface area contributed by atoms with Crippen LogP contribution < -0.4 is 17.0 Å². The zero-order chi connectivity index (χ0) is 10.8. The molecule has 15 heavy (non-hydrogen) atoms. The Labute approximate surface area is 84.4 Å². The quantitative estimate of drug-likeness (QED) is 0.662. The number of fused-ring (bicyclic) bond motifs is 1. The van der Waals surface area contributed by atoms with Gasteiger partial charge in [-0.3, -0.25) is 14.3 Å². The maximum absolute atomic E-state index is 11.8. The highest BCUT2D eigenvalue weighted by atomic mass is 16.2. The van der Waals surface area contributed by atoms with Crippen molar-refractivity contribution in [3.05, 3.63) is 39.2 Å². The van der Waals surface area contributed by atoms with Crippen molar-refractivity contribution in [2.45, 2.75) is 6.54 Å². The van der Waals surface area contributed by atoms with Gasteiger partial charge in [0.1, 0.15) is 5.65 Å². The molecule has 0 spiro atoms. The normalized spacial score (nSPS) is 10.7. The fourth-order valence-electron chi connectivity index (χ4n) is 1.42. The summed E-state index contributed by atoms with van der Waals surface area (Å²) >= 11 is 0. The van der Waals surface area contributed by atoms with Gasteiger partial charge in [-0.15, -0.1) is 0 Å². The van der Waals surface area contributed by atoms with Crippen LogP contribution in [0.3, 0.4) is 0 Å². The predicted molar refractivity (Wildman–Crippen MR) is 55.7 cm³/mol. The second-order valence-corrected chi connectivity index (χ2v) is 3.08. The molecule has 0 saturated heterocycles. The van der Waals surface area contributed by atoms with Crippen molar-refractivity contribution in [1.29, 1.82) is 0 Å². The van der Waals surface area contributed by atoms with Crippen LogP contribution in [-0.4, -0.2) is 21.1 Å². The first-order valence-corrected chi connectivity index (χ1v) is 4.52. The second-order valence-electron chi connectivity index (χ2n) is 3.08. The van der Waals surface area contributed by atoms with Crippen molar-refractivity contribution in [2.24, 2.45) is 5.73 Å². The van der Waals surface area contributed by atoms with E-state index < -0.39 is 5.69 Å². The van der Waals surface area contributed by atoms with Gasteiger partial charge in [0.25, 0.3) is 5.56 Å². The van der Waals surface area contributed by atoms with E-state index in [0.717, 1.165) is 4.57 Å². The average molecular weight is 206 g/mol. The zero-order valence-electron chi connectivity index (χ0n) is 7.93. The molecule has 2 aromatic heterocycles. The van der Waals surface area contributed by atoms with Gasteiger partial charge in [0, 0.05) is 19.3 Å². The van der Waals surface area contributed by atoms with Gasteiger partial charge >= 0.3 is 5.69 Å². The van der Waals surface area contributed by atoms with E-state index in [9.17, 15) is 9.59 Å². The Morgan fingerprint density at radius 3 is 3.00 bits per heavy atom. The molecule has 0 aliphatic carbocycles. The van der Waals surface area contributed by atoms with Gasteiger partial charge in [0.2, 0.25) is 0 Å². The summed E-state index contributed by atoms with van der Waals surface area (Å²) in [5.74, 6) is 0. The molecule has 2 aromatic rings. The predicted octanol–water partition coefficient (Wildman–Crippen LogP) is -0.956. The molecule has 0 aromatic carbocycles. The molecule has 0 fully saturated rings. The van der Waals surface area contributed by atoms with E-state index in [2.05, 4.69) is 9.97 Å². The summed E-state index contributed by atoms with van der Waals surface area (Å²) in [7, 11) is 0. The number of pyridine rings is 1. The largest absolute Gasteiger partial charge is 0.330 e. The Morgan fingerprint density at radius 1 is 1.47 bits per heavy atom. The van der Waals surface area contributed by atoms with Crippen molar-refractivity contribution in [3.63, 3.8) is 0 Å². The van der Waals surface area contributed by atoms with Crippen LogP contribution in [0.15, 0.2) is 27.9 Å². The van der Waals surface area contributed by atoms with Gasteiger partial charge < -0.3 is 5.73 Å². The third-order valence-electron chi connectivity index (χ3n) is 2.11. The molecule has 3 N–H and O–H groups in total. The molecule has 0 aliphatic rings. The molecule has 78 valence electrons. The minimum absolute atomic E-state index is 0.207. The molecular formula is C9H10N4O2. The third kappa shape index (κ3) is 1.55. The molecule has 6 nitrogen and oxygen atoms in total. The van der Waals surface area contributed by atoms with Crippen LogP contribution in [-0.2, 0) is 6.54 Å². The third-order valence-corrected chi connectivity index (χ3v) is 2.11. The number of hydrogen-bond acceptors (Lipinski definition) is 4. The monoisotopic (exact) mass is 206 g/mol. The van der Waals surface area contributed by atoms with Crippen LogP contribution in [0.5, 0.6) is 0 Å². The van der Waals surface area contributed by atoms with Crippen molar-refractivity contribution < 1.29 is 0 Å². The maximum Gasteiger partial charge on any atom is 0.330 e. The minimum atomic E-state index is -0.475. The summed E-state index contributed by atoms with van der Waals surface area (Å²) in [4.78, 5) is 29.7. The van der Waals surface area contributed by atoms with E-state index in [-0.39, 0.29) is 18.6 Å². The van der Waals surface area contributed by atoms with Crippen molar-refractivity contribution in [2.75, 3.05) is 6.54 Å². The lowest BCUT2D eigenvalue weighted by atomic mass is 10.3. The van der Waals surface area contributed by atoms with Gasteiger partial charge in [-0.2, -0.15) is 0 Å². The van der Waals surface area contributed by atoms with E-state index in [1.807, 2.05) is 0 Å². The van der Waals surface area contributed by atoms with Crippen molar-refractivity contribution >= 4 is 11.0 Å². The summed E-state index contributed by atoms with van der Waals surface area (Å²) in [5, 5.41) is 0.394. The average Bonchev–Trinajstić information content (AvgIpc) is 2.24. The number of H-pyrrole nitrogens is 1. The highest BCUT2D eigenvalue weighted by Crippen LogP contribution is 1.98. The minimum Gasteiger partial charge on any atom is -0.329 e. The smallest absolute Gasteiger partial charge is 0.329 e. The van der Waals surface area contributed by atoms with Crippen LogP contribution in [0, 0.1) is 0 Å². The first-order chi connectivity index (χ1) is 7.24. The van der Waals surface area contributed by atoms with Gasteiger partial charge in [-0.05, 0) is 12.1 Å². The summed E-state index contributed by atoms with van der Waals surface area (Å²) in [6.07, 6.45) is 1.52. The van der Waals surface area contributed by atoms with E-state index >= 15 is 0 Å². The summed E-state index contributed by atoms with van der Waals surface area (Å²) in [6.45, 7) is 0.452. The van der Waals surface area contributed by atoms with Gasteiger partial charge in [-0.25, -0.2) is 9.78 Å². The zero-order valence-corrected chi connectivity index (χ0v) is 7.93. The fraction of sp³-hybridized carbons (Fsp3) is 0.222. The molecule has 0 amide bonds. The first-order valence-electron chi connectivity index (χ1n) is 4.52. The molecule has 0 unspecified atom stereocenters. The Hall–Kier alpha value is -1.95. The highest BCUT2D eigenvalue weighted by molar-refractivity contribution is 5.72. The molecule has 2 rings (SSSR count). The molecular weight excluding hydrogens is 196 g/mol. The van der Waals surface area contributed by atoms with Crippen molar-refractivity contribution in [1.82, 2.24) is 14.5 Å². The number of nitrogens with two attached hydrogens (primary N) is 1. The van der Waals surface area contributed by atoms with Gasteiger partial charge in [0.15, 0.2) is 0 Å². The lowest BCUT2D eigenvalue weighted by Gasteiger charge is -2.03. The van der Waals surface area contributed by atoms with Crippen LogP contribution in [0.25, 0.3) is 11.0 Å². The number of hydrogen-bond donors (Lipinski definition) is 2. The van der Waals surface area contributed by atoms with Crippen LogP contribution in [0.1, 0.15) is 0 Å². The molecule has 0 radical (unpaired) electrons. The summed E-state index contributed by atoms with van der Waals surface area (Å²) in [6, 6.07) is 3.27. The summed E-state index contributed by atoms with van der Waals surface area (Å²) < 4.78 is 1.07. The topological polar surface area (TPSA) is 93.8 Å². The van der Waals surface area contributed by atoms with Gasteiger partial charge in [0.05, 0.1) is 5.39 Å². The molecule has 0 atom stereocenters. The lowest BCUT2D eigenvalue weighted by molar-refractivity contribution is 0.645. The van der Waals surface area contributed by atoms with E-state index in [1.54, 1.807) is 12.1 Å². The second kappa shape index (κ2) is 3.66. The summed E-state index contributed by atoms with van der Waals surface area (Å²) in [5.41, 5.74) is 4.79. The Kier molecular flexibility index (Phi) is 2.34. The molecule has 6 heteroatoms. The number of aromatic amines is 1. The number of nitrogens with one attached hydrogen (secondary N) is 1. The maximum atomic E-state index is 11.8. The van der Waals surface area contributed by atoms with Crippen LogP contribution in [0.2, 0.25) is 0 Å². The Morgan fingerprint density at radius 2 is 2.27 bits per heavy atom. The first kappa shape index (κ1) is 9.60.